The molecule has 0 spiro atoms. The Labute approximate surface area is 78.6 Å². The van der Waals surface area contributed by atoms with E-state index in [1.807, 2.05) is 27.7 Å². The van der Waals surface area contributed by atoms with Gasteiger partial charge in [-0.1, -0.05) is 13.8 Å². The van der Waals surface area contributed by atoms with Crippen LogP contribution in [0.15, 0.2) is 9.21 Å². The summed E-state index contributed by atoms with van der Waals surface area (Å²) in [5.41, 5.74) is 2.87. The zero-order valence-corrected chi connectivity index (χ0v) is 8.73. The first-order valence-corrected chi connectivity index (χ1v) is 4.73. The summed E-state index contributed by atoms with van der Waals surface area (Å²) in [5, 5.41) is 0. The Morgan fingerprint density at radius 1 is 1.08 bits per heavy atom. The van der Waals surface area contributed by atoms with Crippen LogP contribution in [0.5, 0.6) is 0 Å². The summed E-state index contributed by atoms with van der Waals surface area (Å²) in [6, 6.07) is 0. The van der Waals surface area contributed by atoms with E-state index in [2.05, 4.69) is 0 Å². The van der Waals surface area contributed by atoms with E-state index in [1.54, 1.807) is 0 Å². The van der Waals surface area contributed by atoms with Gasteiger partial charge in [0.25, 0.3) is 0 Å². The molecule has 13 heavy (non-hydrogen) atoms. The molecular formula is C11H16O2. The Bertz CT molecular complexity index is 361. The number of hydrogen-bond acceptors (Lipinski definition) is 2. The molecule has 0 aliphatic carbocycles. The Kier molecular flexibility index (Phi) is 2.91. The second-order valence-corrected chi connectivity index (χ2v) is 3.25. The fraction of sp³-hybridized carbons (Fsp3) is 0.545. The standard InChI is InChI=1S/C11H16O2/c1-5-9-7(3)8(4)10(6-2)13-11(9)12/h5-6H2,1-4H3. The van der Waals surface area contributed by atoms with Crippen LogP contribution >= 0.6 is 0 Å². The molecule has 0 N–H and O–H groups in total. The van der Waals surface area contributed by atoms with Gasteiger partial charge in [0.05, 0.1) is 0 Å². The van der Waals surface area contributed by atoms with Crippen molar-refractivity contribution in [2.24, 2.45) is 0 Å². The van der Waals surface area contributed by atoms with Gasteiger partial charge in [0.15, 0.2) is 0 Å². The maximum absolute atomic E-state index is 11.4. The quantitative estimate of drug-likeness (QED) is 0.699. The van der Waals surface area contributed by atoms with E-state index in [0.29, 0.717) is 0 Å². The van der Waals surface area contributed by atoms with E-state index in [1.165, 1.54) is 0 Å². The van der Waals surface area contributed by atoms with E-state index in [0.717, 1.165) is 35.3 Å². The van der Waals surface area contributed by atoms with Crippen molar-refractivity contribution < 1.29 is 4.42 Å². The zero-order chi connectivity index (χ0) is 10.0. The molecular weight excluding hydrogens is 164 g/mol. The van der Waals surface area contributed by atoms with Gasteiger partial charge >= 0.3 is 5.63 Å². The maximum atomic E-state index is 11.4. The van der Waals surface area contributed by atoms with Gasteiger partial charge in [-0.15, -0.1) is 0 Å². The van der Waals surface area contributed by atoms with Crippen molar-refractivity contribution in [2.45, 2.75) is 40.5 Å². The SMILES string of the molecule is CCc1oc(=O)c(CC)c(C)c1C. The molecule has 0 unspecified atom stereocenters. The molecule has 0 bridgehead atoms. The summed E-state index contributed by atoms with van der Waals surface area (Å²) in [5.74, 6) is 0.819. The predicted octanol–water partition coefficient (Wildman–Crippen LogP) is 2.38. The molecule has 0 atom stereocenters. The molecule has 0 radical (unpaired) electrons. The molecule has 1 aromatic rings. The van der Waals surface area contributed by atoms with E-state index in [-0.39, 0.29) is 5.63 Å². The normalized spacial score (nSPS) is 10.5. The lowest BCUT2D eigenvalue weighted by Gasteiger charge is -2.08. The predicted molar refractivity (Wildman–Crippen MR) is 53.2 cm³/mol. The summed E-state index contributed by atoms with van der Waals surface area (Å²) < 4.78 is 5.20. The van der Waals surface area contributed by atoms with Crippen LogP contribution in [0.2, 0.25) is 0 Å². The molecule has 1 aromatic heterocycles. The average molecular weight is 180 g/mol. The number of rotatable bonds is 2. The molecule has 0 saturated carbocycles. The summed E-state index contributed by atoms with van der Waals surface area (Å²) in [6.07, 6.45) is 1.53. The van der Waals surface area contributed by atoms with Crippen LogP contribution in [-0.2, 0) is 12.8 Å². The van der Waals surface area contributed by atoms with Gasteiger partial charge < -0.3 is 4.42 Å². The molecule has 72 valence electrons. The third kappa shape index (κ3) is 1.67. The summed E-state index contributed by atoms with van der Waals surface area (Å²) >= 11 is 0. The van der Waals surface area contributed by atoms with Crippen LogP contribution < -0.4 is 5.63 Å². The molecule has 0 aliphatic heterocycles. The topological polar surface area (TPSA) is 30.2 Å². The number of hydrogen-bond donors (Lipinski definition) is 0. The monoisotopic (exact) mass is 180 g/mol. The highest BCUT2D eigenvalue weighted by Crippen LogP contribution is 2.14. The molecule has 0 fully saturated rings. The lowest BCUT2D eigenvalue weighted by molar-refractivity contribution is 0.451. The van der Waals surface area contributed by atoms with Crippen LogP contribution in [-0.4, -0.2) is 0 Å². The third-order valence-electron chi connectivity index (χ3n) is 2.57. The van der Waals surface area contributed by atoms with Crippen molar-refractivity contribution in [1.29, 1.82) is 0 Å². The second kappa shape index (κ2) is 3.77. The summed E-state index contributed by atoms with van der Waals surface area (Å²) in [6.45, 7) is 7.97. The molecule has 2 nitrogen and oxygen atoms in total. The Balaban J connectivity index is 3.46. The van der Waals surface area contributed by atoms with Gasteiger partial charge in [-0.2, -0.15) is 0 Å². The highest BCUT2D eigenvalue weighted by atomic mass is 16.4. The van der Waals surface area contributed by atoms with E-state index >= 15 is 0 Å². The molecule has 0 aromatic carbocycles. The smallest absolute Gasteiger partial charge is 0.339 e. The Hall–Kier alpha value is -1.05. The van der Waals surface area contributed by atoms with Crippen molar-refractivity contribution in [3.05, 3.63) is 32.9 Å². The van der Waals surface area contributed by atoms with Crippen LogP contribution in [0.3, 0.4) is 0 Å². The highest BCUT2D eigenvalue weighted by Gasteiger charge is 2.10. The van der Waals surface area contributed by atoms with Crippen molar-refractivity contribution in [3.8, 4) is 0 Å². The van der Waals surface area contributed by atoms with Crippen molar-refractivity contribution in [2.75, 3.05) is 0 Å². The van der Waals surface area contributed by atoms with Gasteiger partial charge in [-0.25, -0.2) is 4.79 Å². The van der Waals surface area contributed by atoms with Crippen molar-refractivity contribution in [3.63, 3.8) is 0 Å². The second-order valence-electron chi connectivity index (χ2n) is 3.25. The largest absolute Gasteiger partial charge is 0.427 e. The molecule has 1 heterocycles. The fourth-order valence-corrected chi connectivity index (χ4v) is 1.59. The van der Waals surface area contributed by atoms with Crippen LogP contribution in [0, 0.1) is 13.8 Å². The summed E-state index contributed by atoms with van der Waals surface area (Å²) in [4.78, 5) is 11.4. The molecule has 0 aliphatic rings. The first kappa shape index (κ1) is 10.0. The van der Waals surface area contributed by atoms with Crippen molar-refractivity contribution >= 4 is 0 Å². The lowest BCUT2D eigenvalue weighted by atomic mass is 10.0. The van der Waals surface area contributed by atoms with Gasteiger partial charge in [0.2, 0.25) is 0 Å². The first-order valence-electron chi connectivity index (χ1n) is 4.73. The molecule has 1 rings (SSSR count). The van der Waals surface area contributed by atoms with E-state index < -0.39 is 0 Å². The van der Waals surface area contributed by atoms with Gasteiger partial charge in [0.1, 0.15) is 5.76 Å². The van der Waals surface area contributed by atoms with E-state index in [9.17, 15) is 4.79 Å². The van der Waals surface area contributed by atoms with Crippen LogP contribution in [0.1, 0.15) is 36.3 Å². The van der Waals surface area contributed by atoms with Gasteiger partial charge in [-0.3, -0.25) is 0 Å². The average Bonchev–Trinajstić information content (AvgIpc) is 2.12. The minimum atomic E-state index is -0.164. The summed E-state index contributed by atoms with van der Waals surface area (Å²) in [7, 11) is 0. The van der Waals surface area contributed by atoms with Crippen LogP contribution in [0.25, 0.3) is 0 Å². The number of aryl methyl sites for hydroxylation is 1. The zero-order valence-electron chi connectivity index (χ0n) is 8.73. The van der Waals surface area contributed by atoms with Crippen molar-refractivity contribution in [1.82, 2.24) is 0 Å². The minimum Gasteiger partial charge on any atom is -0.427 e. The third-order valence-corrected chi connectivity index (χ3v) is 2.57. The fourth-order valence-electron chi connectivity index (χ4n) is 1.59. The van der Waals surface area contributed by atoms with E-state index in [4.69, 9.17) is 4.42 Å². The Morgan fingerprint density at radius 3 is 2.15 bits per heavy atom. The lowest BCUT2D eigenvalue weighted by Crippen LogP contribution is -2.12. The highest BCUT2D eigenvalue weighted by molar-refractivity contribution is 5.32. The molecule has 0 amide bonds. The first-order chi connectivity index (χ1) is 6.11. The Morgan fingerprint density at radius 2 is 1.69 bits per heavy atom. The minimum absolute atomic E-state index is 0.164. The van der Waals surface area contributed by atoms with Gasteiger partial charge in [-0.05, 0) is 31.4 Å². The molecule has 2 heteroatoms. The maximum Gasteiger partial charge on any atom is 0.339 e. The molecule has 0 saturated heterocycles. The van der Waals surface area contributed by atoms with Gasteiger partial charge in [0, 0.05) is 12.0 Å². The van der Waals surface area contributed by atoms with Crippen LogP contribution in [0.4, 0.5) is 0 Å².